The highest BCUT2D eigenvalue weighted by atomic mass is 79.9. The first kappa shape index (κ1) is 34.4. The Morgan fingerprint density at radius 1 is 0.861 bits per heavy atom. The molecule has 6 nitrogen and oxygen atoms in total. The van der Waals surface area contributed by atoms with Gasteiger partial charge in [-0.25, -0.2) is 0 Å². The van der Waals surface area contributed by atoms with E-state index in [1.54, 1.807) is 6.92 Å². The molecule has 2 aromatic rings. The van der Waals surface area contributed by atoms with Gasteiger partial charge < -0.3 is 18.8 Å². The monoisotopic (exact) mass is 812 g/mol. The van der Waals surface area contributed by atoms with Crippen LogP contribution in [0.1, 0.15) is 39.8 Å². The molecule has 0 unspecified atom stereocenters. The van der Waals surface area contributed by atoms with Crippen LogP contribution in [0.15, 0.2) is 45.3 Å². The van der Waals surface area contributed by atoms with Crippen LogP contribution in [0.4, 0.5) is 17.6 Å². The Bertz CT molecular complexity index is 1140. The molecule has 204 valence electrons. The maximum absolute atomic E-state index is 14.4. The van der Waals surface area contributed by atoms with Gasteiger partial charge in [0.25, 0.3) is 0 Å². The molecule has 2 aromatic carbocycles. The quantitative estimate of drug-likeness (QED) is 0.149. The molecule has 0 atom stereocenters. The average Bonchev–Trinajstić information content (AvgIpc) is 2.73. The van der Waals surface area contributed by atoms with E-state index in [4.69, 9.17) is 18.8 Å². The molecule has 0 spiro atoms. The van der Waals surface area contributed by atoms with Crippen LogP contribution in [0.5, 0.6) is 0 Å². The predicted octanol–water partition coefficient (Wildman–Crippen LogP) is 9.54. The zero-order valence-electron chi connectivity index (χ0n) is 18.9. The minimum atomic E-state index is -5.54. The van der Waals surface area contributed by atoms with Crippen LogP contribution in [0, 0.1) is 6.92 Å². The third-order valence-corrected chi connectivity index (χ3v) is 9.79. The number of aryl methyl sites for hydroxylation is 1. The lowest BCUT2D eigenvalue weighted by Crippen LogP contribution is -2.19. The van der Waals surface area contributed by atoms with Gasteiger partial charge in [-0.05, 0) is 44.0 Å². The van der Waals surface area contributed by atoms with Crippen molar-refractivity contribution < 1.29 is 45.5 Å². The maximum Gasteiger partial charge on any atom is 0.404 e. The van der Waals surface area contributed by atoms with E-state index >= 15 is 0 Å². The summed E-state index contributed by atoms with van der Waals surface area (Å²) in [5, 5.41) is 0. The summed E-state index contributed by atoms with van der Waals surface area (Å²) in [6, 6.07) is 7.96. The number of hydrogen-bond donors (Lipinski definition) is 2. The summed E-state index contributed by atoms with van der Waals surface area (Å²) in [5.74, 6) is 0. The standard InChI is InChI=1S/C12H16BrF2O3P.C8H6Br3F2O3P/c1-4-17-19(16,18-5-2)12(14,15)10-7-6-9(3)8-11(10)13;9-6-3-4(7(10)11)1-2-5(6)8(12,13)17(14,15)16/h6-8H,4-5H2,1-3H3;1-3,7H,(H2,14,15,16). The van der Waals surface area contributed by atoms with Crippen LogP contribution < -0.4 is 0 Å². The lowest BCUT2D eigenvalue weighted by Gasteiger charge is -2.26. The van der Waals surface area contributed by atoms with Crippen LogP contribution in [0.3, 0.4) is 0 Å². The molecule has 0 fully saturated rings. The molecule has 0 bridgehead atoms. The predicted molar refractivity (Wildman–Crippen MR) is 144 cm³/mol. The highest BCUT2D eigenvalue weighted by molar-refractivity contribution is 9.24. The Kier molecular flexibility index (Phi) is 13.0. The SMILES string of the molecule is CCOP(=O)(OCC)C(F)(F)c1ccc(C)cc1Br.O=P(O)(O)C(F)(F)c1ccc(C(Br)Br)cc1Br. The van der Waals surface area contributed by atoms with Crippen LogP contribution in [-0.2, 0) is 29.5 Å². The van der Waals surface area contributed by atoms with Gasteiger partial charge >= 0.3 is 26.5 Å². The van der Waals surface area contributed by atoms with E-state index in [-0.39, 0.29) is 25.9 Å². The van der Waals surface area contributed by atoms with Gasteiger partial charge in [0.05, 0.1) is 17.0 Å². The Labute approximate surface area is 239 Å². The van der Waals surface area contributed by atoms with Gasteiger partial charge in [0.1, 0.15) is 0 Å². The molecule has 2 N–H and O–H groups in total. The third-order valence-electron chi connectivity index (χ3n) is 4.33. The zero-order chi connectivity index (χ0) is 28.1. The molecule has 0 radical (unpaired) electrons. The molecule has 0 aliphatic heterocycles. The van der Waals surface area contributed by atoms with Gasteiger partial charge in [-0.1, -0.05) is 88.0 Å². The van der Waals surface area contributed by atoms with Crippen molar-refractivity contribution >= 4 is 78.9 Å². The van der Waals surface area contributed by atoms with E-state index < -0.39 is 37.6 Å². The summed E-state index contributed by atoms with van der Waals surface area (Å²) in [4.78, 5) is 17.2. The zero-order valence-corrected chi connectivity index (χ0v) is 27.0. The minimum Gasteiger partial charge on any atom is -0.320 e. The van der Waals surface area contributed by atoms with E-state index in [9.17, 15) is 26.7 Å². The Morgan fingerprint density at radius 3 is 1.69 bits per heavy atom. The number of benzene rings is 2. The molecule has 36 heavy (non-hydrogen) atoms. The second-order valence-electron chi connectivity index (χ2n) is 6.98. The van der Waals surface area contributed by atoms with Crippen LogP contribution in [0.2, 0.25) is 0 Å². The molecule has 0 aromatic heterocycles. The molecule has 0 saturated heterocycles. The highest BCUT2D eigenvalue weighted by Crippen LogP contribution is 2.67. The van der Waals surface area contributed by atoms with E-state index in [0.717, 1.165) is 11.6 Å². The van der Waals surface area contributed by atoms with Gasteiger partial charge in [-0.2, -0.15) is 17.6 Å². The third kappa shape index (κ3) is 8.19. The molecule has 0 saturated carbocycles. The molecular weight excluding hydrogens is 794 g/mol. The van der Waals surface area contributed by atoms with Gasteiger partial charge in [0.2, 0.25) is 0 Å². The second kappa shape index (κ2) is 13.6. The van der Waals surface area contributed by atoms with Crippen molar-refractivity contribution in [1.82, 2.24) is 0 Å². The first-order valence-corrected chi connectivity index (χ1v) is 16.5. The van der Waals surface area contributed by atoms with E-state index in [1.165, 1.54) is 44.2 Å². The van der Waals surface area contributed by atoms with E-state index in [2.05, 4.69) is 63.7 Å². The molecule has 16 heteroatoms. The van der Waals surface area contributed by atoms with Crippen molar-refractivity contribution in [2.75, 3.05) is 13.2 Å². The van der Waals surface area contributed by atoms with Crippen molar-refractivity contribution in [3.05, 3.63) is 67.6 Å². The number of rotatable bonds is 9. The second-order valence-corrected chi connectivity index (χ2v) is 15.5. The molecule has 0 aliphatic rings. The summed E-state index contributed by atoms with van der Waals surface area (Å²) in [6.07, 6.45) is 0. The molecule has 0 aliphatic carbocycles. The fourth-order valence-corrected chi connectivity index (χ4v) is 6.96. The Hall–Kier alpha value is 0.380. The molecule has 0 heterocycles. The van der Waals surface area contributed by atoms with Crippen molar-refractivity contribution in [2.45, 2.75) is 35.8 Å². The molecule has 0 amide bonds. The van der Waals surface area contributed by atoms with Crippen LogP contribution >= 0.6 is 78.9 Å². The lowest BCUT2D eigenvalue weighted by molar-refractivity contribution is 0.0354. The largest absolute Gasteiger partial charge is 0.404 e. The van der Waals surface area contributed by atoms with Crippen molar-refractivity contribution in [3.8, 4) is 0 Å². The topological polar surface area (TPSA) is 93.1 Å². The van der Waals surface area contributed by atoms with Crippen LogP contribution in [0.25, 0.3) is 0 Å². The average molecular weight is 816 g/mol. The van der Waals surface area contributed by atoms with Gasteiger partial charge in [-0.3, -0.25) is 9.13 Å². The van der Waals surface area contributed by atoms with Crippen molar-refractivity contribution in [2.24, 2.45) is 0 Å². The van der Waals surface area contributed by atoms with E-state index in [1.807, 2.05) is 0 Å². The fraction of sp³-hybridized carbons (Fsp3) is 0.400. The smallest absolute Gasteiger partial charge is 0.320 e. The van der Waals surface area contributed by atoms with Gasteiger partial charge in [0.15, 0.2) is 0 Å². The van der Waals surface area contributed by atoms with Crippen LogP contribution in [-0.4, -0.2) is 23.0 Å². The summed E-state index contributed by atoms with van der Waals surface area (Å²) in [5.41, 5.74) is -7.60. The Balaban J connectivity index is 0.000000362. The Morgan fingerprint density at radius 2 is 1.31 bits per heavy atom. The summed E-state index contributed by atoms with van der Waals surface area (Å²) in [7, 11) is -10.1. The summed E-state index contributed by atoms with van der Waals surface area (Å²) in [6.45, 7) is 4.53. The van der Waals surface area contributed by atoms with E-state index in [0.29, 0.717) is 5.56 Å². The normalized spacial score (nSPS) is 12.9. The highest BCUT2D eigenvalue weighted by Gasteiger charge is 2.55. The van der Waals surface area contributed by atoms with Crippen molar-refractivity contribution in [3.63, 3.8) is 0 Å². The first-order valence-electron chi connectivity index (χ1n) is 9.90. The minimum absolute atomic E-state index is 0.0628. The fourth-order valence-electron chi connectivity index (χ4n) is 2.62. The number of alkyl halides is 6. The van der Waals surface area contributed by atoms with Gasteiger partial charge in [0, 0.05) is 20.1 Å². The van der Waals surface area contributed by atoms with Gasteiger partial charge in [-0.15, -0.1) is 0 Å². The number of hydrogen-bond acceptors (Lipinski definition) is 4. The first-order chi connectivity index (χ1) is 16.4. The summed E-state index contributed by atoms with van der Waals surface area (Å²) >= 11 is 12.3. The maximum atomic E-state index is 14.4. The number of halogens is 8. The molecule has 2 rings (SSSR count). The lowest BCUT2D eigenvalue weighted by atomic mass is 10.1. The summed E-state index contributed by atoms with van der Waals surface area (Å²) < 4.78 is 88.1. The van der Waals surface area contributed by atoms with Crippen molar-refractivity contribution in [1.29, 1.82) is 0 Å². The molecular formula is C20H22Br4F4O6P2.